The lowest BCUT2D eigenvalue weighted by Gasteiger charge is -2.36. The fourth-order valence-corrected chi connectivity index (χ4v) is 3.45. The Balaban J connectivity index is 0.00000210. The van der Waals surface area contributed by atoms with Gasteiger partial charge in [0.15, 0.2) is 0 Å². The van der Waals surface area contributed by atoms with Crippen LogP contribution in [0.15, 0.2) is 36.7 Å². The molecule has 1 fully saturated rings. The molecule has 2 heterocycles. The first-order chi connectivity index (χ1) is 13.1. The number of hydrogen-bond donors (Lipinski definition) is 1. The monoisotopic (exact) mass is 443 g/mol. The molecule has 1 aliphatic rings. The van der Waals surface area contributed by atoms with Crippen molar-refractivity contribution >= 4 is 30.7 Å². The minimum Gasteiger partial charge on any atom is -0.494 e. The van der Waals surface area contributed by atoms with Crippen LogP contribution in [0.2, 0.25) is 0 Å². The molecule has 1 aliphatic heterocycles. The SMILES string of the molecule is CCOc1ccc(CN2CCN(C(=O)C(NC)c3cnn(C)c3)CC2)cc1.Cl.Cl. The van der Waals surface area contributed by atoms with Gasteiger partial charge in [0, 0.05) is 51.5 Å². The Morgan fingerprint density at radius 1 is 1.17 bits per heavy atom. The van der Waals surface area contributed by atoms with Crippen molar-refractivity contribution in [2.75, 3.05) is 39.8 Å². The zero-order chi connectivity index (χ0) is 19.2. The third-order valence-corrected chi connectivity index (χ3v) is 4.92. The van der Waals surface area contributed by atoms with E-state index in [2.05, 4.69) is 27.4 Å². The van der Waals surface area contributed by atoms with E-state index in [4.69, 9.17) is 4.74 Å². The highest BCUT2D eigenvalue weighted by molar-refractivity contribution is 5.85. The lowest BCUT2D eigenvalue weighted by molar-refractivity contribution is -0.135. The van der Waals surface area contributed by atoms with Gasteiger partial charge >= 0.3 is 0 Å². The van der Waals surface area contributed by atoms with Gasteiger partial charge in [0.2, 0.25) is 5.91 Å². The predicted octanol–water partition coefficient (Wildman–Crippen LogP) is 2.27. The summed E-state index contributed by atoms with van der Waals surface area (Å²) in [4.78, 5) is 17.2. The number of aryl methyl sites for hydroxylation is 1. The summed E-state index contributed by atoms with van der Waals surface area (Å²) in [6.45, 7) is 6.81. The van der Waals surface area contributed by atoms with Gasteiger partial charge in [0.05, 0.1) is 12.8 Å². The molecule has 9 heteroatoms. The molecule has 1 atom stereocenters. The summed E-state index contributed by atoms with van der Waals surface area (Å²) in [6.07, 6.45) is 3.64. The van der Waals surface area contributed by atoms with Crippen LogP contribution >= 0.6 is 24.8 Å². The molecule has 29 heavy (non-hydrogen) atoms. The van der Waals surface area contributed by atoms with Crippen molar-refractivity contribution in [2.24, 2.45) is 7.05 Å². The largest absolute Gasteiger partial charge is 0.494 e. The summed E-state index contributed by atoms with van der Waals surface area (Å²) in [5, 5.41) is 7.30. The molecule has 1 N–H and O–H groups in total. The zero-order valence-electron chi connectivity index (χ0n) is 17.2. The molecule has 1 amide bonds. The van der Waals surface area contributed by atoms with Gasteiger partial charge in [-0.1, -0.05) is 12.1 Å². The molecule has 1 aromatic carbocycles. The first-order valence-electron chi connectivity index (χ1n) is 9.49. The van der Waals surface area contributed by atoms with Crippen molar-refractivity contribution in [2.45, 2.75) is 19.5 Å². The summed E-state index contributed by atoms with van der Waals surface area (Å²) < 4.78 is 7.22. The average Bonchev–Trinajstić information content (AvgIpc) is 3.11. The van der Waals surface area contributed by atoms with Crippen LogP contribution in [0.4, 0.5) is 0 Å². The third kappa shape index (κ3) is 6.60. The number of nitrogens with one attached hydrogen (secondary N) is 1. The summed E-state index contributed by atoms with van der Waals surface area (Å²) >= 11 is 0. The van der Waals surface area contributed by atoms with Gasteiger partial charge in [0.25, 0.3) is 0 Å². The second kappa shape index (κ2) is 12.0. The van der Waals surface area contributed by atoms with E-state index in [1.165, 1.54) is 5.56 Å². The molecule has 2 aromatic rings. The molecule has 1 aromatic heterocycles. The number of amides is 1. The molecule has 3 rings (SSSR count). The number of carbonyl (C=O) groups excluding carboxylic acids is 1. The van der Waals surface area contributed by atoms with Crippen LogP contribution in [0.25, 0.3) is 0 Å². The van der Waals surface area contributed by atoms with Gasteiger partial charge in [-0.2, -0.15) is 5.10 Å². The number of nitrogens with zero attached hydrogens (tertiary/aromatic N) is 4. The van der Waals surface area contributed by atoms with Crippen molar-refractivity contribution in [1.29, 1.82) is 0 Å². The van der Waals surface area contributed by atoms with Crippen LogP contribution in [0.5, 0.6) is 5.75 Å². The van der Waals surface area contributed by atoms with Crippen LogP contribution in [0.1, 0.15) is 24.1 Å². The summed E-state index contributed by atoms with van der Waals surface area (Å²) in [7, 11) is 3.68. The van der Waals surface area contributed by atoms with E-state index in [1.807, 2.05) is 44.2 Å². The maximum atomic E-state index is 12.9. The molecule has 1 saturated heterocycles. The Morgan fingerprint density at radius 3 is 2.34 bits per heavy atom. The molecular formula is C20H31Cl2N5O2. The maximum absolute atomic E-state index is 12.9. The lowest BCUT2D eigenvalue weighted by atomic mass is 10.1. The van der Waals surface area contributed by atoms with E-state index in [0.717, 1.165) is 44.0 Å². The highest BCUT2D eigenvalue weighted by atomic mass is 35.5. The molecule has 162 valence electrons. The first-order valence-corrected chi connectivity index (χ1v) is 9.49. The van der Waals surface area contributed by atoms with E-state index in [0.29, 0.717) is 6.61 Å². The summed E-state index contributed by atoms with van der Waals surface area (Å²) in [6, 6.07) is 7.93. The highest BCUT2D eigenvalue weighted by Crippen LogP contribution is 2.18. The normalized spacial score (nSPS) is 15.2. The van der Waals surface area contributed by atoms with Gasteiger partial charge in [-0.3, -0.25) is 14.4 Å². The molecule has 7 nitrogen and oxygen atoms in total. The number of likely N-dealkylation sites (N-methyl/N-ethyl adjacent to an activating group) is 1. The number of halogens is 2. The van der Waals surface area contributed by atoms with Gasteiger partial charge < -0.3 is 15.0 Å². The van der Waals surface area contributed by atoms with Crippen LogP contribution in [-0.2, 0) is 18.4 Å². The van der Waals surface area contributed by atoms with Crippen LogP contribution in [0, 0.1) is 0 Å². The number of aromatic nitrogens is 2. The fraction of sp³-hybridized carbons (Fsp3) is 0.500. The first kappa shape index (κ1) is 25.2. The highest BCUT2D eigenvalue weighted by Gasteiger charge is 2.28. The number of rotatable bonds is 7. The summed E-state index contributed by atoms with van der Waals surface area (Å²) in [5.41, 5.74) is 2.17. The molecule has 0 spiro atoms. The van der Waals surface area contributed by atoms with Gasteiger partial charge in [0.1, 0.15) is 11.8 Å². The quantitative estimate of drug-likeness (QED) is 0.710. The molecule has 1 unspecified atom stereocenters. The summed E-state index contributed by atoms with van der Waals surface area (Å²) in [5.74, 6) is 1.02. The third-order valence-electron chi connectivity index (χ3n) is 4.92. The standard InChI is InChI=1S/C20H29N5O2.2ClH/c1-4-27-18-7-5-16(6-8-18)14-24-9-11-25(12-10-24)20(26)19(21-2)17-13-22-23(3)15-17;;/h5-8,13,15,19,21H,4,9-12,14H2,1-3H3;2*1H. The molecular weight excluding hydrogens is 413 g/mol. The van der Waals surface area contributed by atoms with Crippen molar-refractivity contribution in [3.8, 4) is 5.75 Å². The van der Waals surface area contributed by atoms with E-state index in [-0.39, 0.29) is 36.8 Å². The van der Waals surface area contributed by atoms with E-state index >= 15 is 0 Å². The van der Waals surface area contributed by atoms with Gasteiger partial charge in [-0.15, -0.1) is 24.8 Å². The van der Waals surface area contributed by atoms with Crippen molar-refractivity contribution in [1.82, 2.24) is 24.9 Å². The minimum atomic E-state index is -0.337. The topological polar surface area (TPSA) is 62.6 Å². The van der Waals surface area contributed by atoms with E-state index < -0.39 is 0 Å². The van der Waals surface area contributed by atoms with Crippen molar-refractivity contribution < 1.29 is 9.53 Å². The van der Waals surface area contributed by atoms with E-state index in [9.17, 15) is 4.79 Å². The number of ether oxygens (including phenoxy) is 1. The van der Waals surface area contributed by atoms with Gasteiger partial charge in [-0.25, -0.2) is 0 Å². The fourth-order valence-electron chi connectivity index (χ4n) is 3.45. The van der Waals surface area contributed by atoms with Gasteiger partial charge in [-0.05, 0) is 31.7 Å². The van der Waals surface area contributed by atoms with Crippen LogP contribution < -0.4 is 10.1 Å². The predicted molar refractivity (Wildman–Crippen MR) is 119 cm³/mol. The Morgan fingerprint density at radius 2 is 1.83 bits per heavy atom. The lowest BCUT2D eigenvalue weighted by Crippen LogP contribution is -2.51. The zero-order valence-corrected chi connectivity index (χ0v) is 18.8. The second-order valence-electron chi connectivity index (χ2n) is 6.85. The van der Waals surface area contributed by atoms with Crippen molar-refractivity contribution in [3.05, 3.63) is 47.8 Å². The van der Waals surface area contributed by atoms with Crippen molar-refractivity contribution in [3.63, 3.8) is 0 Å². The Labute approximate surface area is 185 Å². The number of hydrogen-bond acceptors (Lipinski definition) is 5. The number of piperazine rings is 1. The number of carbonyl (C=O) groups is 1. The maximum Gasteiger partial charge on any atom is 0.244 e. The minimum absolute atomic E-state index is 0. The average molecular weight is 444 g/mol. The Kier molecular flexibility index (Phi) is 10.5. The smallest absolute Gasteiger partial charge is 0.244 e. The van der Waals surface area contributed by atoms with Crippen LogP contribution in [-0.4, -0.2) is 65.3 Å². The second-order valence-corrected chi connectivity index (χ2v) is 6.85. The van der Waals surface area contributed by atoms with Crippen LogP contribution in [0.3, 0.4) is 0 Å². The molecule has 0 saturated carbocycles. The Hall–Kier alpha value is -1.80. The van der Waals surface area contributed by atoms with E-state index in [1.54, 1.807) is 10.9 Å². The Bertz CT molecular complexity index is 746. The number of benzene rings is 1. The molecule has 0 aliphatic carbocycles. The molecule has 0 bridgehead atoms. The molecule has 0 radical (unpaired) electrons.